The molecule has 310 valence electrons. The van der Waals surface area contributed by atoms with Crippen molar-refractivity contribution >= 4 is 34.2 Å². The number of nitrogens with two attached hydrogens (primary N) is 1. The third kappa shape index (κ3) is 8.25. The van der Waals surface area contributed by atoms with E-state index in [1.807, 2.05) is 20.8 Å². The molecule has 5 atom stereocenters. The van der Waals surface area contributed by atoms with Crippen molar-refractivity contribution in [2.45, 2.75) is 102 Å². The number of anilines is 2. The number of nitriles is 1. The number of carbonyl (C=O) groups excluding carboxylic acids is 2. The number of β-amino-alcohol motifs (C(OH)–C–C–N with tert-alkyl or cyclic N) is 1. The van der Waals surface area contributed by atoms with E-state index in [0.717, 1.165) is 75.1 Å². The molecule has 17 nitrogen and oxygen atoms in total. The molecular formula is C40H52N10O7S. The van der Waals surface area contributed by atoms with Gasteiger partial charge in [0.05, 0.1) is 30.8 Å². The monoisotopic (exact) mass is 816 g/mol. The molecule has 0 bridgehead atoms. The fraction of sp³-hybridized carbons (Fsp3) is 0.600. The lowest BCUT2D eigenvalue weighted by Gasteiger charge is -2.30. The summed E-state index contributed by atoms with van der Waals surface area (Å²) < 4.78 is 22.2. The molecule has 1 unspecified atom stereocenters. The number of hydrogen-bond acceptors (Lipinski definition) is 17. The number of aromatic nitrogens is 5. The van der Waals surface area contributed by atoms with Gasteiger partial charge in [-0.3, -0.25) is 4.79 Å². The summed E-state index contributed by atoms with van der Waals surface area (Å²) in [4.78, 5) is 47.4. The molecular weight excluding hydrogens is 765 g/mol. The van der Waals surface area contributed by atoms with Gasteiger partial charge < -0.3 is 44.1 Å². The molecule has 0 aromatic carbocycles. The maximum absolute atomic E-state index is 13.6. The summed E-state index contributed by atoms with van der Waals surface area (Å²) in [6.07, 6.45) is 6.31. The second-order valence-corrected chi connectivity index (χ2v) is 17.2. The molecule has 0 radical (unpaired) electrons. The first-order valence-electron chi connectivity index (χ1n) is 20.1. The maximum atomic E-state index is 13.6. The number of methoxy groups -OCH3 is 1. The lowest BCUT2D eigenvalue weighted by atomic mass is 9.72. The molecule has 18 heteroatoms. The Morgan fingerprint density at radius 3 is 2.78 bits per heavy atom. The molecule has 2 fully saturated rings. The third-order valence-electron chi connectivity index (χ3n) is 11.6. The van der Waals surface area contributed by atoms with Gasteiger partial charge in [-0.1, -0.05) is 19.0 Å². The summed E-state index contributed by atoms with van der Waals surface area (Å²) in [7, 11) is 1.27. The number of amides is 1. The maximum Gasteiger partial charge on any atom is 0.328 e. The summed E-state index contributed by atoms with van der Waals surface area (Å²) in [6, 6.07) is 5.04. The Morgan fingerprint density at radius 1 is 1.17 bits per heavy atom. The highest BCUT2D eigenvalue weighted by atomic mass is 32.1. The number of esters is 1. The Balaban J connectivity index is 0.909. The Morgan fingerprint density at radius 2 is 2.00 bits per heavy atom. The molecule has 1 amide bonds. The lowest BCUT2D eigenvalue weighted by molar-refractivity contribution is -0.152. The van der Waals surface area contributed by atoms with E-state index < -0.39 is 29.4 Å². The number of ether oxygens (including phenoxy) is 2. The number of fused-ring (bicyclic) bond motifs is 1. The van der Waals surface area contributed by atoms with Gasteiger partial charge in [-0.2, -0.15) is 10.2 Å². The van der Waals surface area contributed by atoms with Crippen molar-refractivity contribution < 1.29 is 33.2 Å². The van der Waals surface area contributed by atoms with E-state index in [9.17, 15) is 20.0 Å². The molecule has 4 aromatic rings. The summed E-state index contributed by atoms with van der Waals surface area (Å²) in [6.45, 7) is 12.0. The van der Waals surface area contributed by atoms with Crippen molar-refractivity contribution in [3.8, 4) is 23.5 Å². The number of thiophene rings is 1. The number of nitrogens with zero attached hydrogens (tertiary/aromatic N) is 9. The number of carbonyl (C=O) groups is 2. The molecule has 3 N–H and O–H groups in total. The van der Waals surface area contributed by atoms with Crippen LogP contribution in [-0.4, -0.2) is 117 Å². The molecule has 2 saturated heterocycles. The molecule has 4 aromatic heterocycles. The standard InChI is InChI=1S/C40H52N10O7S/c1-23(2)32(36(52)50-22-25(51)18-28(50)37(53)54-5)29-19-31(46-56-29)55-17-7-6-14-48-15-9-16-49(24(3)21-48)39-43-13-11-27(44-39)35-45-38(57-47-35)40(4)12-8-10-30-33(40)26(20-41)34(42)58-30/h11,13,19,23-25,28,32,51H,6-10,12,14-18,21-22,42H2,1-5H3/t24-,25+,28-,32?,40-/m0/s1. The molecule has 58 heavy (non-hydrogen) atoms. The summed E-state index contributed by atoms with van der Waals surface area (Å²) in [5.74, 6) is 0.381. The lowest BCUT2D eigenvalue weighted by Crippen LogP contribution is -2.44. The normalized spacial score (nSPS) is 23.0. The van der Waals surface area contributed by atoms with Crippen LogP contribution < -0.4 is 15.4 Å². The van der Waals surface area contributed by atoms with E-state index in [4.69, 9.17) is 34.2 Å². The molecule has 0 saturated carbocycles. The molecule has 0 spiro atoms. The molecule has 6 heterocycles. The SMILES string of the molecule is COC(=O)[C@@H]1C[C@@H](O)CN1C(=O)C(c1cc(OCCCCN2CCCN(c3nccc(-c4noc([C@@]5(C)CCCc6sc(N)c(C#N)c65)n4)n3)[C@@H](C)C2)no1)C(C)C. The average molecular weight is 817 g/mol. The predicted molar refractivity (Wildman–Crippen MR) is 213 cm³/mol. The van der Waals surface area contributed by atoms with Crippen molar-refractivity contribution in [3.63, 3.8) is 0 Å². The predicted octanol–water partition coefficient (Wildman–Crippen LogP) is 4.31. The van der Waals surface area contributed by atoms with Crippen LogP contribution in [0.1, 0.15) is 99.8 Å². The van der Waals surface area contributed by atoms with Crippen LogP contribution in [0.5, 0.6) is 5.88 Å². The van der Waals surface area contributed by atoms with Crippen molar-refractivity contribution in [3.05, 3.63) is 46.0 Å². The Labute approximate surface area is 341 Å². The van der Waals surface area contributed by atoms with Gasteiger partial charge in [0.1, 0.15) is 28.7 Å². The van der Waals surface area contributed by atoms with Gasteiger partial charge in [0.15, 0.2) is 5.76 Å². The third-order valence-corrected chi connectivity index (χ3v) is 12.7. The first kappa shape index (κ1) is 41.1. The van der Waals surface area contributed by atoms with E-state index >= 15 is 0 Å². The van der Waals surface area contributed by atoms with Crippen LogP contribution >= 0.6 is 11.3 Å². The van der Waals surface area contributed by atoms with Gasteiger partial charge in [-0.25, -0.2) is 14.8 Å². The van der Waals surface area contributed by atoms with E-state index in [1.54, 1.807) is 18.3 Å². The quantitative estimate of drug-likeness (QED) is 0.142. The first-order valence-corrected chi connectivity index (χ1v) is 20.9. The number of aliphatic hydroxyl groups is 1. The minimum Gasteiger partial charge on any atom is -0.476 e. The van der Waals surface area contributed by atoms with Crippen LogP contribution in [0, 0.1) is 17.2 Å². The highest BCUT2D eigenvalue weighted by Gasteiger charge is 2.45. The number of aliphatic hydroxyl groups excluding tert-OH is 1. The zero-order chi connectivity index (χ0) is 41.1. The number of aryl methyl sites for hydroxylation is 1. The first-order chi connectivity index (χ1) is 27.9. The second-order valence-electron chi connectivity index (χ2n) is 16.1. The Kier molecular flexibility index (Phi) is 12.3. The van der Waals surface area contributed by atoms with Crippen LogP contribution in [-0.2, 0) is 26.2 Å². The van der Waals surface area contributed by atoms with Gasteiger partial charge in [-0.05, 0) is 82.6 Å². The minimum absolute atomic E-state index is 0.0527. The highest BCUT2D eigenvalue weighted by molar-refractivity contribution is 7.16. The van der Waals surface area contributed by atoms with Gasteiger partial charge in [0.2, 0.25) is 23.6 Å². The topological polar surface area (TPSA) is 223 Å². The number of unbranched alkanes of at least 4 members (excludes halogenated alkanes) is 1. The van der Waals surface area contributed by atoms with Gasteiger partial charge >= 0.3 is 5.97 Å². The number of hydrogen-bond donors (Lipinski definition) is 2. The molecule has 3 aliphatic rings. The van der Waals surface area contributed by atoms with Crippen molar-refractivity contribution in [2.24, 2.45) is 5.92 Å². The van der Waals surface area contributed by atoms with Crippen LogP contribution in [0.3, 0.4) is 0 Å². The van der Waals surface area contributed by atoms with Crippen molar-refractivity contribution in [1.82, 2.24) is 35.1 Å². The summed E-state index contributed by atoms with van der Waals surface area (Å²) in [5.41, 5.74) is 7.60. The van der Waals surface area contributed by atoms with Gasteiger partial charge in [0.25, 0.3) is 5.88 Å². The summed E-state index contributed by atoms with van der Waals surface area (Å²) >= 11 is 1.47. The van der Waals surface area contributed by atoms with Gasteiger partial charge in [-0.15, -0.1) is 11.3 Å². The Hall–Kier alpha value is -5.12. The molecule has 2 aliphatic heterocycles. The van der Waals surface area contributed by atoms with Crippen molar-refractivity contribution in [1.29, 1.82) is 5.26 Å². The Bertz CT molecular complexity index is 2130. The highest BCUT2D eigenvalue weighted by Crippen LogP contribution is 2.48. The number of likely N-dealkylation sites (tertiary alicyclic amines) is 1. The fourth-order valence-corrected chi connectivity index (χ4v) is 9.84. The molecule has 1 aliphatic carbocycles. The minimum atomic E-state index is -0.840. The zero-order valence-corrected chi connectivity index (χ0v) is 34.5. The van der Waals surface area contributed by atoms with E-state index in [0.29, 0.717) is 52.2 Å². The molecule has 7 rings (SSSR count). The summed E-state index contributed by atoms with van der Waals surface area (Å²) in [5, 5.41) is 29.0. The van der Waals surface area contributed by atoms with Crippen LogP contribution in [0.2, 0.25) is 0 Å². The smallest absolute Gasteiger partial charge is 0.328 e. The van der Waals surface area contributed by atoms with Crippen molar-refractivity contribution in [2.75, 3.05) is 57.1 Å². The van der Waals surface area contributed by atoms with Crippen LogP contribution in [0.4, 0.5) is 10.9 Å². The van der Waals surface area contributed by atoms with E-state index in [-0.39, 0.29) is 30.8 Å². The van der Waals surface area contributed by atoms with Crippen LogP contribution in [0.15, 0.2) is 27.4 Å². The van der Waals surface area contributed by atoms with Gasteiger partial charge in [0, 0.05) is 54.8 Å². The second kappa shape index (κ2) is 17.4. The number of nitrogen functional groups attached to an aromatic ring is 1. The zero-order valence-electron chi connectivity index (χ0n) is 33.7. The fourth-order valence-electron chi connectivity index (χ4n) is 8.65. The van der Waals surface area contributed by atoms with Crippen LogP contribution in [0.25, 0.3) is 11.5 Å². The number of rotatable bonds is 13. The average Bonchev–Trinajstić information content (AvgIpc) is 4.01. The van der Waals surface area contributed by atoms with E-state index in [2.05, 4.69) is 38.1 Å². The van der Waals surface area contributed by atoms with E-state index in [1.165, 1.54) is 23.3 Å². The largest absolute Gasteiger partial charge is 0.476 e.